The van der Waals surface area contributed by atoms with E-state index >= 15 is 0 Å². The minimum atomic E-state index is -1.19. The van der Waals surface area contributed by atoms with Crippen LogP contribution in [0.4, 0.5) is 0 Å². The quantitative estimate of drug-likeness (QED) is 0.235. The van der Waals surface area contributed by atoms with Crippen LogP contribution in [0.15, 0.2) is 37.0 Å². The molecule has 4 nitrogen and oxygen atoms in total. The zero-order valence-electron chi connectivity index (χ0n) is 10.0. The van der Waals surface area contributed by atoms with E-state index in [1.54, 1.807) is 6.92 Å². The molecule has 0 aliphatic rings. The second-order valence-electron chi connectivity index (χ2n) is 2.74. The van der Waals surface area contributed by atoms with E-state index in [-0.39, 0.29) is 47.7 Å². The summed E-state index contributed by atoms with van der Waals surface area (Å²) in [5, 5.41) is 9.49. The normalized spacial score (nSPS) is 7.38. The van der Waals surface area contributed by atoms with Gasteiger partial charge in [-0.25, -0.2) is 4.79 Å². The van der Waals surface area contributed by atoms with E-state index in [9.17, 15) is 14.7 Å². The van der Waals surface area contributed by atoms with Crippen molar-refractivity contribution in [3.63, 3.8) is 0 Å². The van der Waals surface area contributed by atoms with E-state index < -0.39 is 5.97 Å². The second kappa shape index (κ2) is 12.2. The predicted octanol–water partition coefficient (Wildman–Crippen LogP) is -2.39. The number of carbonyl (C=O) groups is 2. The Balaban J connectivity index is -0.000000214. The number of hydrogen-bond donors (Lipinski definition) is 0. The summed E-state index contributed by atoms with van der Waals surface area (Å²) in [6, 6.07) is 0. The monoisotopic (exact) mass is 234 g/mol. The molecule has 5 heteroatoms. The molecule has 0 rings (SSSR count). The topological polar surface area (TPSA) is 66.4 Å². The molecule has 84 valence electrons. The van der Waals surface area contributed by atoms with Crippen LogP contribution in [0.25, 0.3) is 0 Å². The van der Waals surface area contributed by atoms with Crippen LogP contribution in [0.3, 0.4) is 0 Å². The van der Waals surface area contributed by atoms with Gasteiger partial charge < -0.3 is 14.6 Å². The molecule has 0 saturated heterocycles. The molecule has 0 aliphatic carbocycles. The summed E-state index contributed by atoms with van der Waals surface area (Å²) >= 11 is 0. The largest absolute Gasteiger partial charge is 1.00 e. The molecule has 0 radical (unpaired) electrons. The van der Waals surface area contributed by atoms with Crippen molar-refractivity contribution in [1.29, 1.82) is 0 Å². The van der Waals surface area contributed by atoms with Crippen LogP contribution < -0.4 is 34.7 Å². The number of hydrogen-bond acceptors (Lipinski definition) is 4. The molecule has 16 heavy (non-hydrogen) atoms. The molecule has 0 aromatic heterocycles. The van der Waals surface area contributed by atoms with Crippen LogP contribution in [0.5, 0.6) is 0 Å². The van der Waals surface area contributed by atoms with Crippen LogP contribution in [0.1, 0.15) is 13.8 Å². The third-order valence-corrected chi connectivity index (χ3v) is 1.03. The van der Waals surface area contributed by atoms with E-state index in [0.717, 1.165) is 0 Å². The zero-order valence-corrected chi connectivity index (χ0v) is 12.0. The summed E-state index contributed by atoms with van der Waals surface area (Å²) in [5.74, 6) is -1.55. The summed E-state index contributed by atoms with van der Waals surface area (Å²) in [7, 11) is 0. The van der Waals surface area contributed by atoms with Crippen LogP contribution in [-0.2, 0) is 14.3 Å². The molecule has 0 spiro atoms. The summed E-state index contributed by atoms with van der Waals surface area (Å²) in [6.07, 6.45) is 1.51. The van der Waals surface area contributed by atoms with Gasteiger partial charge in [0, 0.05) is 5.57 Å². The molecule has 0 heterocycles. The molecular formula is C11H15NaO4. The number of carboxylic acid groups (broad SMARTS) is 1. The SMILES string of the molecule is C=C(C)C(=O)[O-].C=CCOC(=O)C(=C)C.[Na+]. The van der Waals surface area contributed by atoms with Gasteiger partial charge in [0.2, 0.25) is 0 Å². The van der Waals surface area contributed by atoms with E-state index in [1.165, 1.54) is 13.0 Å². The Bertz CT molecular complexity index is 270. The maximum Gasteiger partial charge on any atom is 1.00 e. The molecule has 0 atom stereocenters. The van der Waals surface area contributed by atoms with Gasteiger partial charge in [-0.2, -0.15) is 0 Å². The first-order chi connectivity index (χ1) is 6.82. The van der Waals surface area contributed by atoms with Crippen LogP contribution >= 0.6 is 0 Å². The van der Waals surface area contributed by atoms with E-state index in [1.807, 2.05) is 0 Å². The first kappa shape index (κ1) is 20.6. The van der Waals surface area contributed by atoms with Gasteiger partial charge >= 0.3 is 35.5 Å². The number of ether oxygens (including phenoxy) is 1. The third kappa shape index (κ3) is 15.6. The maximum atomic E-state index is 10.5. The number of carboxylic acids is 1. The molecule has 0 bridgehead atoms. The Morgan fingerprint density at radius 2 is 1.62 bits per heavy atom. The molecule has 0 aromatic carbocycles. The Labute approximate surface area is 118 Å². The van der Waals surface area contributed by atoms with Gasteiger partial charge in [-0.3, -0.25) is 0 Å². The van der Waals surface area contributed by atoms with Crippen LogP contribution in [0, 0.1) is 0 Å². The van der Waals surface area contributed by atoms with Crippen LogP contribution in [-0.4, -0.2) is 18.5 Å². The Hall–Kier alpha value is -0.840. The summed E-state index contributed by atoms with van der Waals surface area (Å²) in [6.45, 7) is 13.1. The van der Waals surface area contributed by atoms with Crippen LogP contribution in [0.2, 0.25) is 0 Å². The number of aliphatic carboxylic acids is 1. The average Bonchev–Trinajstić information content (AvgIpc) is 2.14. The average molecular weight is 234 g/mol. The molecule has 0 amide bonds. The molecule has 0 saturated carbocycles. The van der Waals surface area contributed by atoms with Crippen molar-refractivity contribution in [2.45, 2.75) is 13.8 Å². The minimum Gasteiger partial charge on any atom is -0.545 e. The second-order valence-corrected chi connectivity index (χ2v) is 2.74. The van der Waals surface area contributed by atoms with Gasteiger partial charge in [-0.15, -0.1) is 0 Å². The van der Waals surface area contributed by atoms with E-state index in [4.69, 9.17) is 0 Å². The minimum absolute atomic E-state index is 0. The van der Waals surface area contributed by atoms with Crippen molar-refractivity contribution in [3.05, 3.63) is 37.0 Å². The van der Waals surface area contributed by atoms with Crippen molar-refractivity contribution in [3.8, 4) is 0 Å². The molecule has 0 aromatic rings. The molecule has 0 fully saturated rings. The first-order valence-corrected chi connectivity index (χ1v) is 4.13. The van der Waals surface area contributed by atoms with Crippen molar-refractivity contribution in [1.82, 2.24) is 0 Å². The predicted molar refractivity (Wildman–Crippen MR) is 55.8 cm³/mol. The van der Waals surface area contributed by atoms with Crippen molar-refractivity contribution >= 4 is 11.9 Å². The van der Waals surface area contributed by atoms with Gasteiger partial charge in [0.25, 0.3) is 0 Å². The van der Waals surface area contributed by atoms with E-state index in [2.05, 4.69) is 24.5 Å². The molecule has 0 aliphatic heterocycles. The van der Waals surface area contributed by atoms with Crippen molar-refractivity contribution in [2.75, 3.05) is 6.61 Å². The Morgan fingerprint density at radius 3 is 1.81 bits per heavy atom. The smallest absolute Gasteiger partial charge is 0.545 e. The summed E-state index contributed by atoms with van der Waals surface area (Å²) in [4.78, 5) is 20.0. The molecule has 0 unspecified atom stereocenters. The van der Waals surface area contributed by atoms with Crippen molar-refractivity contribution < 1.29 is 49.0 Å². The van der Waals surface area contributed by atoms with Gasteiger partial charge in [-0.05, 0) is 19.4 Å². The maximum absolute atomic E-state index is 10.5. The molecule has 0 N–H and O–H groups in total. The standard InChI is InChI=1S/C7H10O2.C4H6O2.Na/c1-4-5-9-7(8)6(2)3;1-3(2)4(5)6;/h4H,1-2,5H2,3H3;1H2,2H3,(H,5,6);/q;;+1/p-1. The number of rotatable bonds is 4. The summed E-state index contributed by atoms with van der Waals surface area (Å²) < 4.78 is 4.60. The fourth-order valence-corrected chi connectivity index (χ4v) is 0.258. The van der Waals surface area contributed by atoms with Gasteiger partial charge in [0.15, 0.2) is 0 Å². The Kier molecular flexibility index (Phi) is 15.7. The van der Waals surface area contributed by atoms with Gasteiger partial charge in [0.1, 0.15) is 6.61 Å². The zero-order chi connectivity index (χ0) is 12.4. The van der Waals surface area contributed by atoms with Gasteiger partial charge in [0.05, 0.1) is 5.97 Å². The van der Waals surface area contributed by atoms with Gasteiger partial charge in [-0.1, -0.05) is 25.8 Å². The molecular weight excluding hydrogens is 219 g/mol. The fourth-order valence-electron chi connectivity index (χ4n) is 0.258. The Morgan fingerprint density at radius 1 is 1.25 bits per heavy atom. The fraction of sp³-hybridized carbons (Fsp3) is 0.273. The number of carbonyl (C=O) groups excluding carboxylic acids is 2. The third-order valence-electron chi connectivity index (χ3n) is 1.03. The number of esters is 1. The first-order valence-electron chi connectivity index (χ1n) is 4.13. The van der Waals surface area contributed by atoms with E-state index in [0.29, 0.717) is 5.57 Å². The van der Waals surface area contributed by atoms with Crippen molar-refractivity contribution in [2.24, 2.45) is 0 Å². The summed E-state index contributed by atoms with van der Waals surface area (Å²) in [5.41, 5.74) is 0.479.